The Morgan fingerprint density at radius 2 is 1.67 bits per heavy atom. The minimum Gasteiger partial charge on any atom is -0.496 e. The van der Waals surface area contributed by atoms with E-state index in [2.05, 4.69) is 10.3 Å². The fourth-order valence-electron chi connectivity index (χ4n) is 3.64. The third-order valence-electron chi connectivity index (χ3n) is 5.40. The molecule has 1 aromatic heterocycles. The van der Waals surface area contributed by atoms with Gasteiger partial charge in [0.2, 0.25) is 0 Å². The summed E-state index contributed by atoms with van der Waals surface area (Å²) < 4.78 is 91.8. The molecule has 0 unspecified atom stereocenters. The topological polar surface area (TPSA) is 80.7 Å². The first kappa shape index (κ1) is 27.1. The summed E-state index contributed by atoms with van der Waals surface area (Å²) in [6, 6.07) is 5.56. The van der Waals surface area contributed by atoms with E-state index in [1.54, 1.807) is 6.92 Å². The highest BCUT2D eigenvalue weighted by Gasteiger charge is 2.40. The number of aliphatic hydroxyl groups is 1. The maximum Gasteiger partial charge on any atom is 0.417 e. The third kappa shape index (κ3) is 5.64. The lowest BCUT2D eigenvalue weighted by molar-refractivity contribution is -0.142. The van der Waals surface area contributed by atoms with Gasteiger partial charge in [-0.25, -0.2) is 4.98 Å². The van der Waals surface area contributed by atoms with Gasteiger partial charge in [-0.1, -0.05) is 0 Å². The number of amides is 1. The van der Waals surface area contributed by atoms with E-state index in [1.165, 1.54) is 25.3 Å². The highest BCUT2D eigenvalue weighted by Crippen LogP contribution is 2.46. The Morgan fingerprint density at radius 3 is 2.22 bits per heavy atom. The number of rotatable bonds is 7. The molecule has 36 heavy (non-hydrogen) atoms. The number of aromatic nitrogens is 1. The van der Waals surface area contributed by atoms with Gasteiger partial charge in [0.15, 0.2) is 0 Å². The average molecular weight is 516 g/mol. The van der Waals surface area contributed by atoms with Crippen LogP contribution < -0.4 is 14.8 Å². The first-order valence-electron chi connectivity index (χ1n) is 10.6. The number of halogens is 6. The summed E-state index contributed by atoms with van der Waals surface area (Å²) in [7, 11) is 2.22. The van der Waals surface area contributed by atoms with Crippen molar-refractivity contribution in [3.8, 4) is 22.8 Å². The van der Waals surface area contributed by atoms with Gasteiger partial charge in [-0.15, -0.1) is 0 Å². The van der Waals surface area contributed by atoms with E-state index in [9.17, 15) is 31.1 Å². The number of carbonyl (C=O) groups excluding carboxylic acids is 1. The Bertz CT molecular complexity index is 1270. The third-order valence-corrected chi connectivity index (χ3v) is 5.40. The van der Waals surface area contributed by atoms with Crippen molar-refractivity contribution in [3.63, 3.8) is 0 Å². The zero-order valence-electron chi connectivity index (χ0n) is 19.3. The van der Waals surface area contributed by atoms with Gasteiger partial charge >= 0.3 is 12.4 Å². The van der Waals surface area contributed by atoms with Gasteiger partial charge in [0.1, 0.15) is 11.5 Å². The standard InChI is InChI=1S/C24H22F6N2O4/c1-12(6-7-33)31-22(34)13-4-5-15-17(8-13)32-18(11-19(15)35-2)21-16(24(28,29)30)9-14(23(25,26)27)10-20(21)36-3/h4-5,8-12,33H,6-7H2,1-3H3,(H,31,34)/t12-/m1/s1. The summed E-state index contributed by atoms with van der Waals surface area (Å²) in [5, 5.41) is 12.0. The minimum atomic E-state index is -5.17. The molecule has 1 amide bonds. The monoisotopic (exact) mass is 516 g/mol. The summed E-state index contributed by atoms with van der Waals surface area (Å²) >= 11 is 0. The number of benzene rings is 2. The van der Waals surface area contributed by atoms with Crippen molar-refractivity contribution in [1.82, 2.24) is 10.3 Å². The molecular weight excluding hydrogens is 494 g/mol. The molecule has 6 nitrogen and oxygen atoms in total. The van der Waals surface area contributed by atoms with E-state index in [0.29, 0.717) is 17.9 Å². The minimum absolute atomic E-state index is 0.00260. The molecule has 0 bridgehead atoms. The fourth-order valence-corrected chi connectivity index (χ4v) is 3.64. The number of ether oxygens (including phenoxy) is 2. The molecule has 0 aliphatic carbocycles. The quantitative estimate of drug-likeness (QED) is 0.408. The van der Waals surface area contributed by atoms with E-state index in [-0.39, 0.29) is 41.2 Å². The molecule has 194 valence electrons. The molecule has 3 rings (SSSR count). The van der Waals surface area contributed by atoms with Crippen molar-refractivity contribution < 1.29 is 45.7 Å². The zero-order chi connectivity index (χ0) is 26.8. The second-order valence-electron chi connectivity index (χ2n) is 7.93. The van der Waals surface area contributed by atoms with E-state index in [1.807, 2.05) is 0 Å². The molecule has 0 spiro atoms. The molecular formula is C24H22F6N2O4. The van der Waals surface area contributed by atoms with Crippen LogP contribution in [0.1, 0.15) is 34.8 Å². The molecule has 0 aliphatic heterocycles. The van der Waals surface area contributed by atoms with Crippen molar-refractivity contribution in [1.29, 1.82) is 0 Å². The van der Waals surface area contributed by atoms with Crippen LogP contribution in [0.25, 0.3) is 22.2 Å². The van der Waals surface area contributed by atoms with Gasteiger partial charge < -0.3 is 19.9 Å². The van der Waals surface area contributed by atoms with Crippen LogP contribution >= 0.6 is 0 Å². The zero-order valence-corrected chi connectivity index (χ0v) is 19.3. The van der Waals surface area contributed by atoms with Crippen LogP contribution in [0.3, 0.4) is 0 Å². The van der Waals surface area contributed by atoms with Crippen LogP contribution in [0.4, 0.5) is 26.3 Å². The smallest absolute Gasteiger partial charge is 0.417 e. The van der Waals surface area contributed by atoms with Crippen molar-refractivity contribution in [2.24, 2.45) is 0 Å². The fraction of sp³-hybridized carbons (Fsp3) is 0.333. The Balaban J connectivity index is 2.25. The Labute approximate surface area is 201 Å². The van der Waals surface area contributed by atoms with Crippen LogP contribution in [0.15, 0.2) is 36.4 Å². The number of hydrogen-bond donors (Lipinski definition) is 2. The number of aliphatic hydroxyl groups excluding tert-OH is 1. The predicted octanol–water partition coefficient (Wildman–Crippen LogP) is 5.46. The van der Waals surface area contributed by atoms with Gasteiger partial charge in [0, 0.05) is 29.7 Å². The Morgan fingerprint density at radius 1 is 1.00 bits per heavy atom. The lowest BCUT2D eigenvalue weighted by atomic mass is 9.97. The highest BCUT2D eigenvalue weighted by molar-refractivity contribution is 5.99. The van der Waals surface area contributed by atoms with Crippen LogP contribution in [0.5, 0.6) is 11.5 Å². The van der Waals surface area contributed by atoms with Gasteiger partial charge in [0.25, 0.3) is 5.91 Å². The molecule has 0 saturated carbocycles. The molecule has 2 aromatic carbocycles. The maximum atomic E-state index is 13.9. The van der Waals surface area contributed by atoms with E-state index >= 15 is 0 Å². The highest BCUT2D eigenvalue weighted by atomic mass is 19.4. The van der Waals surface area contributed by atoms with Crippen molar-refractivity contribution >= 4 is 16.8 Å². The number of nitrogens with one attached hydrogen (secondary N) is 1. The van der Waals surface area contributed by atoms with Crippen molar-refractivity contribution in [3.05, 3.63) is 53.1 Å². The normalized spacial score (nSPS) is 12.9. The summed E-state index contributed by atoms with van der Waals surface area (Å²) in [5.41, 5.74) is -3.97. The lowest BCUT2D eigenvalue weighted by Crippen LogP contribution is -2.33. The molecule has 0 aliphatic rings. The van der Waals surface area contributed by atoms with E-state index < -0.39 is 40.7 Å². The average Bonchev–Trinajstić information content (AvgIpc) is 2.80. The molecule has 1 heterocycles. The predicted molar refractivity (Wildman–Crippen MR) is 119 cm³/mol. The van der Waals surface area contributed by atoms with Crippen molar-refractivity contribution in [2.75, 3.05) is 20.8 Å². The maximum absolute atomic E-state index is 13.9. The van der Waals surface area contributed by atoms with Gasteiger partial charge in [-0.3, -0.25) is 4.79 Å². The van der Waals surface area contributed by atoms with Gasteiger partial charge in [-0.05, 0) is 43.7 Å². The summed E-state index contributed by atoms with van der Waals surface area (Å²) in [5.74, 6) is -1.10. The molecule has 12 heteroatoms. The van der Waals surface area contributed by atoms with Gasteiger partial charge in [0.05, 0.1) is 42.1 Å². The lowest BCUT2D eigenvalue weighted by Gasteiger charge is -2.20. The first-order chi connectivity index (χ1) is 16.8. The molecule has 2 N–H and O–H groups in total. The largest absolute Gasteiger partial charge is 0.496 e. The Hall–Kier alpha value is -3.54. The summed E-state index contributed by atoms with van der Waals surface area (Å²) in [6.07, 6.45) is -9.91. The SMILES string of the molecule is COc1cc(C(F)(F)F)cc(C(F)(F)F)c1-c1cc(OC)c2ccc(C(=O)N[C@H](C)CCO)cc2n1. The number of methoxy groups -OCH3 is 2. The first-order valence-corrected chi connectivity index (χ1v) is 10.6. The second kappa shape index (κ2) is 10.2. The van der Waals surface area contributed by atoms with E-state index in [4.69, 9.17) is 14.6 Å². The molecule has 0 fully saturated rings. The molecule has 1 atom stereocenters. The van der Waals surface area contributed by atoms with E-state index in [0.717, 1.165) is 13.2 Å². The van der Waals surface area contributed by atoms with Crippen LogP contribution in [-0.2, 0) is 12.4 Å². The van der Waals surface area contributed by atoms with Crippen LogP contribution in [-0.4, -0.2) is 42.9 Å². The number of nitrogens with zero attached hydrogens (tertiary/aromatic N) is 1. The number of hydrogen-bond acceptors (Lipinski definition) is 5. The number of pyridine rings is 1. The van der Waals surface area contributed by atoms with Crippen LogP contribution in [0.2, 0.25) is 0 Å². The number of alkyl halides is 6. The Kier molecular flexibility index (Phi) is 7.68. The van der Waals surface area contributed by atoms with Crippen LogP contribution in [0, 0.1) is 0 Å². The second-order valence-corrected chi connectivity index (χ2v) is 7.93. The summed E-state index contributed by atoms with van der Waals surface area (Å²) in [6.45, 7) is 1.54. The number of fused-ring (bicyclic) bond motifs is 1. The molecule has 3 aromatic rings. The van der Waals surface area contributed by atoms with Crippen molar-refractivity contribution in [2.45, 2.75) is 31.7 Å². The molecule has 0 saturated heterocycles. The van der Waals surface area contributed by atoms with Gasteiger partial charge in [-0.2, -0.15) is 26.3 Å². The molecule has 0 radical (unpaired) electrons. The number of carbonyl (C=O) groups is 1. The summed E-state index contributed by atoms with van der Waals surface area (Å²) in [4.78, 5) is 16.8.